The first-order valence-corrected chi connectivity index (χ1v) is 19.2. The van der Waals surface area contributed by atoms with Crippen LogP contribution in [0.3, 0.4) is 0 Å². The minimum atomic E-state index is -3.09. The van der Waals surface area contributed by atoms with Crippen LogP contribution in [0.4, 0.5) is 0 Å². The predicted octanol–water partition coefficient (Wildman–Crippen LogP) is 3.10. The van der Waals surface area contributed by atoms with Crippen molar-refractivity contribution in [1.82, 2.24) is 9.55 Å². The zero-order valence-corrected chi connectivity index (χ0v) is 27.6. The number of H-pyrrole nitrogens is 1. The van der Waals surface area contributed by atoms with Crippen molar-refractivity contribution in [3.63, 3.8) is 0 Å². The number of fused-ring (bicyclic) bond motifs is 1. The van der Waals surface area contributed by atoms with Gasteiger partial charge in [-0.2, -0.15) is 0 Å². The van der Waals surface area contributed by atoms with E-state index in [-0.39, 0.29) is 34.6 Å². The third-order valence-electron chi connectivity index (χ3n) is 7.68. The normalized spacial score (nSPS) is 26.7. The number of nitrogens with zero attached hydrogens (tertiary/aromatic N) is 1. The summed E-state index contributed by atoms with van der Waals surface area (Å²) in [6, 6.07) is 10.7. The Morgan fingerprint density at radius 2 is 1.49 bits per heavy atom. The SMILES string of the molecule is CC(C)[Si]1(C(C)C)OC[C@H]2O[C@@]([Se]c3ccccc3)(n3ccc(=O)[nH]c3=O)C(=O)[C@@H]2O[Si](C(C)C)(C(C)C)O1. The van der Waals surface area contributed by atoms with Crippen LogP contribution in [0.2, 0.25) is 22.2 Å². The Hall–Kier alpha value is -1.64. The van der Waals surface area contributed by atoms with Gasteiger partial charge in [0.25, 0.3) is 0 Å². The van der Waals surface area contributed by atoms with Gasteiger partial charge >= 0.3 is 239 Å². The zero-order valence-electron chi connectivity index (χ0n) is 23.9. The molecule has 4 rings (SSSR count). The number of aromatic amines is 1. The molecule has 1 N–H and O–H groups in total. The Bertz CT molecular complexity index is 1280. The maximum atomic E-state index is 14.6. The molecule has 2 aliphatic rings. The van der Waals surface area contributed by atoms with Crippen LogP contribution in [-0.2, 0) is 27.1 Å². The number of carbonyl (C=O) groups is 1. The third kappa shape index (κ3) is 5.26. The van der Waals surface area contributed by atoms with Crippen LogP contribution in [0.25, 0.3) is 0 Å². The van der Waals surface area contributed by atoms with Crippen LogP contribution in [-0.4, -0.2) is 66.2 Å². The first-order chi connectivity index (χ1) is 18.3. The third-order valence-corrected chi connectivity index (χ3v) is 20.6. The second-order valence-corrected chi connectivity index (χ2v) is 22.9. The number of nitrogens with one attached hydrogen (secondary N) is 1. The van der Waals surface area contributed by atoms with Crippen LogP contribution in [0.15, 0.2) is 52.2 Å². The van der Waals surface area contributed by atoms with Crippen LogP contribution in [0.5, 0.6) is 0 Å². The van der Waals surface area contributed by atoms with Gasteiger partial charge in [0.1, 0.15) is 0 Å². The molecule has 2 fully saturated rings. The summed E-state index contributed by atoms with van der Waals surface area (Å²) in [4.78, 5) is 41.9. The number of ether oxygens (including phenoxy) is 1. The van der Waals surface area contributed by atoms with Gasteiger partial charge in [0.2, 0.25) is 0 Å². The predicted molar refractivity (Wildman–Crippen MR) is 155 cm³/mol. The van der Waals surface area contributed by atoms with Gasteiger partial charge < -0.3 is 0 Å². The van der Waals surface area contributed by atoms with Crippen LogP contribution < -0.4 is 15.7 Å². The van der Waals surface area contributed by atoms with E-state index in [9.17, 15) is 14.4 Å². The van der Waals surface area contributed by atoms with Crippen molar-refractivity contribution < 1.29 is 22.5 Å². The van der Waals surface area contributed by atoms with Crippen molar-refractivity contribution in [1.29, 1.82) is 0 Å². The minimum absolute atomic E-state index is 0.0301. The van der Waals surface area contributed by atoms with E-state index < -0.39 is 60.2 Å². The number of hydrogen-bond acceptors (Lipinski definition) is 7. The molecule has 3 heterocycles. The molecule has 39 heavy (non-hydrogen) atoms. The molecule has 12 heteroatoms. The van der Waals surface area contributed by atoms with Gasteiger partial charge in [-0.15, -0.1) is 0 Å². The molecule has 2 saturated heterocycles. The van der Waals surface area contributed by atoms with Gasteiger partial charge in [0.05, 0.1) is 0 Å². The summed E-state index contributed by atoms with van der Waals surface area (Å²) in [5.41, 5.74) is -0.911. The second kappa shape index (κ2) is 11.3. The van der Waals surface area contributed by atoms with Crippen molar-refractivity contribution in [2.45, 2.75) is 94.4 Å². The Balaban J connectivity index is 1.91. The average molecular weight is 640 g/mol. The van der Waals surface area contributed by atoms with E-state index >= 15 is 0 Å². The van der Waals surface area contributed by atoms with Crippen molar-refractivity contribution >= 4 is 42.3 Å². The molecule has 0 amide bonds. The number of aromatic nitrogens is 2. The van der Waals surface area contributed by atoms with Crippen LogP contribution in [0, 0.1) is 0 Å². The second-order valence-electron chi connectivity index (χ2n) is 11.5. The topological polar surface area (TPSA) is 109 Å². The molecule has 0 saturated carbocycles. The maximum absolute atomic E-state index is 14.6. The molecule has 1 aromatic heterocycles. The zero-order chi connectivity index (χ0) is 28.8. The molecule has 2 aromatic rings. The van der Waals surface area contributed by atoms with E-state index in [2.05, 4.69) is 60.4 Å². The molecule has 0 radical (unpaired) electrons. The van der Waals surface area contributed by atoms with E-state index in [1.54, 1.807) is 0 Å². The molecule has 2 aliphatic heterocycles. The molecular weight excluding hydrogens is 599 g/mol. The van der Waals surface area contributed by atoms with Gasteiger partial charge in [-0.25, -0.2) is 0 Å². The number of hydrogen-bond donors (Lipinski definition) is 1. The van der Waals surface area contributed by atoms with Crippen molar-refractivity contribution in [2.24, 2.45) is 0 Å². The summed E-state index contributed by atoms with van der Waals surface area (Å²) >= 11 is -0.677. The molecular formula is C27H40N2O7SeSi2. The molecule has 214 valence electrons. The van der Waals surface area contributed by atoms with E-state index in [1.165, 1.54) is 16.8 Å². The van der Waals surface area contributed by atoms with Crippen LogP contribution in [0.1, 0.15) is 55.4 Å². The van der Waals surface area contributed by atoms with Crippen molar-refractivity contribution in [3.8, 4) is 0 Å². The summed E-state index contributed by atoms with van der Waals surface area (Å²) in [5.74, 6) is -0.348. The van der Waals surface area contributed by atoms with Gasteiger partial charge in [-0.05, 0) is 0 Å². The quantitative estimate of drug-likeness (QED) is 0.464. The van der Waals surface area contributed by atoms with Crippen molar-refractivity contribution in [3.05, 3.63) is 63.4 Å². The summed E-state index contributed by atoms with van der Waals surface area (Å²) < 4.78 is 28.1. The standard InChI is InChI=1S/C27H40N2O7SeSi2/c1-17(2)38(18(3)4)33-16-22-24(35-39(36-38,19(5)6)20(7)8)25(31)27(34-22,37-21-12-10-9-11-13-21)29-15-14-23(30)28-26(29)32/h9-15,17-20,22,24H,16H2,1-8H3,(H,28,30,32)/t22-,24-,27+/m1/s1. The number of Topliss-reactive ketones (excluding diaryl/α,β-unsaturated/α-hetero) is 1. The Kier molecular flexibility index (Phi) is 8.81. The van der Waals surface area contributed by atoms with Gasteiger partial charge in [0.15, 0.2) is 0 Å². The number of rotatable bonds is 7. The first kappa shape index (κ1) is 30.3. The summed E-state index contributed by atoms with van der Waals surface area (Å²) in [7, 11) is -5.94. The molecule has 1 aromatic carbocycles. The Morgan fingerprint density at radius 3 is 2.03 bits per heavy atom. The fourth-order valence-electron chi connectivity index (χ4n) is 5.64. The fraction of sp³-hybridized carbons (Fsp3) is 0.593. The van der Waals surface area contributed by atoms with E-state index in [1.807, 2.05) is 30.3 Å². The van der Waals surface area contributed by atoms with Gasteiger partial charge in [0, 0.05) is 0 Å². The average Bonchev–Trinajstić information content (AvgIpc) is 3.09. The molecule has 9 nitrogen and oxygen atoms in total. The molecule has 0 aliphatic carbocycles. The van der Waals surface area contributed by atoms with E-state index in [0.29, 0.717) is 0 Å². The van der Waals surface area contributed by atoms with E-state index in [4.69, 9.17) is 17.7 Å². The molecule has 0 unspecified atom stereocenters. The van der Waals surface area contributed by atoms with Gasteiger partial charge in [-0.1, -0.05) is 0 Å². The van der Waals surface area contributed by atoms with Crippen molar-refractivity contribution in [2.75, 3.05) is 6.61 Å². The number of ketones is 1. The fourth-order valence-corrected chi connectivity index (χ4v) is 19.4. The summed E-state index contributed by atoms with van der Waals surface area (Å²) in [5, 5.41) is 0. The van der Waals surface area contributed by atoms with E-state index in [0.717, 1.165) is 4.46 Å². The van der Waals surface area contributed by atoms with Crippen LogP contribution >= 0.6 is 0 Å². The Morgan fingerprint density at radius 1 is 0.897 bits per heavy atom. The Labute approximate surface area is 238 Å². The molecule has 3 atom stereocenters. The molecule has 0 bridgehead atoms. The summed E-state index contributed by atoms with van der Waals surface area (Å²) in [6.45, 7) is 17.0. The number of benzene rings is 1. The monoisotopic (exact) mass is 640 g/mol. The molecule has 0 spiro atoms. The number of carbonyl (C=O) groups excluding carboxylic acids is 1. The first-order valence-electron chi connectivity index (χ1n) is 13.6. The van der Waals surface area contributed by atoms with Gasteiger partial charge in [-0.3, -0.25) is 0 Å². The summed E-state index contributed by atoms with van der Waals surface area (Å²) in [6.07, 6.45) is -0.367.